The molecule has 0 bridgehead atoms. The highest BCUT2D eigenvalue weighted by Gasteiger charge is 2.34. The van der Waals surface area contributed by atoms with E-state index in [2.05, 4.69) is 10.3 Å². The quantitative estimate of drug-likeness (QED) is 0.757. The Labute approximate surface area is 160 Å². The van der Waals surface area contributed by atoms with Gasteiger partial charge in [0.05, 0.1) is 17.0 Å². The SMILES string of the molecule is Cn1c(=O)[nH]c2ccc(OC(=O)N3CCCCC3)c(C3CCC(=O)NC3=O)c21. The number of imide groups is 1. The van der Waals surface area contributed by atoms with E-state index in [-0.39, 0.29) is 30.2 Å². The number of aromatic nitrogens is 2. The van der Waals surface area contributed by atoms with Crippen LogP contribution < -0.4 is 15.7 Å². The van der Waals surface area contributed by atoms with E-state index in [1.54, 1.807) is 24.1 Å². The van der Waals surface area contributed by atoms with E-state index in [1.807, 2.05) is 0 Å². The molecule has 3 heterocycles. The first-order valence-corrected chi connectivity index (χ1v) is 9.48. The van der Waals surface area contributed by atoms with Crippen molar-refractivity contribution in [3.8, 4) is 5.75 Å². The number of aromatic amines is 1. The van der Waals surface area contributed by atoms with Gasteiger partial charge in [0.1, 0.15) is 5.75 Å². The number of H-pyrrole nitrogens is 1. The number of likely N-dealkylation sites (tertiary alicyclic amines) is 1. The van der Waals surface area contributed by atoms with Crippen molar-refractivity contribution in [2.75, 3.05) is 13.1 Å². The summed E-state index contributed by atoms with van der Waals surface area (Å²) in [7, 11) is 1.59. The molecule has 2 N–H and O–H groups in total. The van der Waals surface area contributed by atoms with Crippen molar-refractivity contribution in [1.82, 2.24) is 19.8 Å². The lowest BCUT2D eigenvalue weighted by Crippen LogP contribution is -2.40. The number of carbonyl (C=O) groups is 3. The number of nitrogens with one attached hydrogen (secondary N) is 2. The summed E-state index contributed by atoms with van der Waals surface area (Å²) in [6.07, 6.45) is 2.96. The Kier molecular flexibility index (Phi) is 4.66. The van der Waals surface area contributed by atoms with E-state index in [9.17, 15) is 19.2 Å². The van der Waals surface area contributed by atoms with Gasteiger partial charge in [-0.1, -0.05) is 0 Å². The third-order valence-corrected chi connectivity index (χ3v) is 5.46. The van der Waals surface area contributed by atoms with Crippen LogP contribution in [0.4, 0.5) is 4.79 Å². The number of carbonyl (C=O) groups excluding carboxylic acids is 3. The molecule has 0 saturated carbocycles. The molecule has 2 fully saturated rings. The summed E-state index contributed by atoms with van der Waals surface area (Å²) in [5.74, 6) is -1.23. The summed E-state index contributed by atoms with van der Waals surface area (Å²) in [6.45, 7) is 1.27. The second-order valence-corrected chi connectivity index (χ2v) is 7.28. The molecule has 1 atom stereocenters. The van der Waals surface area contributed by atoms with Crippen molar-refractivity contribution >= 4 is 28.9 Å². The van der Waals surface area contributed by atoms with Crippen molar-refractivity contribution in [3.63, 3.8) is 0 Å². The van der Waals surface area contributed by atoms with Gasteiger partial charge in [-0.2, -0.15) is 0 Å². The molecule has 0 spiro atoms. The van der Waals surface area contributed by atoms with Crippen molar-refractivity contribution in [3.05, 3.63) is 28.2 Å². The van der Waals surface area contributed by atoms with Gasteiger partial charge in [0.25, 0.3) is 0 Å². The molecular weight excluding hydrogens is 364 g/mol. The summed E-state index contributed by atoms with van der Waals surface area (Å²) < 4.78 is 7.07. The predicted molar refractivity (Wildman–Crippen MR) is 100 cm³/mol. The summed E-state index contributed by atoms with van der Waals surface area (Å²) >= 11 is 0. The number of hydrogen-bond donors (Lipinski definition) is 2. The maximum absolute atomic E-state index is 12.6. The lowest BCUT2D eigenvalue weighted by Gasteiger charge is -2.27. The molecule has 1 aromatic heterocycles. The van der Waals surface area contributed by atoms with E-state index in [4.69, 9.17) is 4.74 Å². The van der Waals surface area contributed by atoms with Crippen molar-refractivity contribution in [2.45, 2.75) is 38.0 Å². The van der Waals surface area contributed by atoms with E-state index in [0.29, 0.717) is 29.7 Å². The monoisotopic (exact) mass is 386 g/mol. The van der Waals surface area contributed by atoms with Crippen LogP contribution in [0.2, 0.25) is 0 Å². The van der Waals surface area contributed by atoms with Crippen molar-refractivity contribution in [2.24, 2.45) is 7.05 Å². The first kappa shape index (κ1) is 18.3. The van der Waals surface area contributed by atoms with Crippen LogP contribution in [0.15, 0.2) is 16.9 Å². The topological polar surface area (TPSA) is 114 Å². The van der Waals surface area contributed by atoms with Crippen LogP contribution in [0.5, 0.6) is 5.75 Å². The molecule has 2 aliphatic heterocycles. The minimum Gasteiger partial charge on any atom is -0.410 e. The molecule has 2 saturated heterocycles. The number of piperidine rings is 2. The first-order valence-electron chi connectivity index (χ1n) is 9.48. The largest absolute Gasteiger partial charge is 0.415 e. The number of nitrogens with zero attached hydrogens (tertiary/aromatic N) is 2. The Balaban J connectivity index is 1.78. The molecule has 9 nitrogen and oxygen atoms in total. The minimum atomic E-state index is -0.688. The van der Waals surface area contributed by atoms with Gasteiger partial charge in [0.2, 0.25) is 11.8 Å². The summed E-state index contributed by atoms with van der Waals surface area (Å²) in [4.78, 5) is 53.2. The van der Waals surface area contributed by atoms with Crippen molar-refractivity contribution < 1.29 is 19.1 Å². The number of fused-ring (bicyclic) bond motifs is 1. The van der Waals surface area contributed by atoms with Gasteiger partial charge in [-0.3, -0.25) is 19.5 Å². The van der Waals surface area contributed by atoms with Gasteiger partial charge in [-0.25, -0.2) is 9.59 Å². The van der Waals surface area contributed by atoms with Crippen LogP contribution in [0, 0.1) is 0 Å². The van der Waals surface area contributed by atoms with Crippen LogP contribution >= 0.6 is 0 Å². The van der Waals surface area contributed by atoms with E-state index in [1.165, 1.54) is 4.57 Å². The second-order valence-electron chi connectivity index (χ2n) is 7.28. The van der Waals surface area contributed by atoms with Crippen LogP contribution in [-0.2, 0) is 16.6 Å². The van der Waals surface area contributed by atoms with Gasteiger partial charge in [-0.05, 0) is 37.8 Å². The van der Waals surface area contributed by atoms with Crippen LogP contribution in [0.3, 0.4) is 0 Å². The highest BCUT2D eigenvalue weighted by Crippen LogP contribution is 2.37. The Morgan fingerprint density at radius 3 is 2.61 bits per heavy atom. The van der Waals surface area contributed by atoms with Crippen LogP contribution in [-0.4, -0.2) is 45.4 Å². The standard InChI is InChI=1S/C19H22N4O5/c1-22-16-12(20-18(22)26)6-7-13(28-19(27)23-9-3-2-4-10-23)15(16)11-5-8-14(24)21-17(11)25/h6-7,11H,2-5,8-10H2,1H3,(H,20,26)(H,21,24,25). The van der Waals surface area contributed by atoms with Gasteiger partial charge in [-0.15, -0.1) is 0 Å². The lowest BCUT2D eigenvalue weighted by molar-refractivity contribution is -0.134. The summed E-state index contributed by atoms with van der Waals surface area (Å²) in [6, 6.07) is 3.25. The molecule has 0 aliphatic carbocycles. The molecule has 148 valence electrons. The van der Waals surface area contributed by atoms with Crippen LogP contribution in [0.25, 0.3) is 11.0 Å². The van der Waals surface area contributed by atoms with E-state index < -0.39 is 17.9 Å². The zero-order valence-electron chi connectivity index (χ0n) is 15.6. The van der Waals surface area contributed by atoms with Gasteiger partial charge < -0.3 is 14.6 Å². The first-order chi connectivity index (χ1) is 13.5. The highest BCUT2D eigenvalue weighted by atomic mass is 16.6. The molecule has 1 unspecified atom stereocenters. The summed E-state index contributed by atoms with van der Waals surface area (Å²) in [5.41, 5.74) is 1.17. The molecule has 9 heteroatoms. The average molecular weight is 386 g/mol. The number of ether oxygens (including phenoxy) is 1. The summed E-state index contributed by atoms with van der Waals surface area (Å²) in [5, 5.41) is 2.34. The molecule has 0 radical (unpaired) electrons. The fraction of sp³-hybridized carbons (Fsp3) is 0.474. The second kappa shape index (κ2) is 7.14. The Morgan fingerprint density at radius 2 is 1.89 bits per heavy atom. The molecule has 1 aromatic carbocycles. The van der Waals surface area contributed by atoms with Gasteiger partial charge in [0.15, 0.2) is 0 Å². The third kappa shape index (κ3) is 3.17. The molecule has 2 aromatic rings. The zero-order chi connectivity index (χ0) is 19.8. The fourth-order valence-corrected chi connectivity index (χ4v) is 3.98. The Hall–Kier alpha value is -3.10. The van der Waals surface area contributed by atoms with E-state index >= 15 is 0 Å². The Bertz CT molecular complexity index is 1020. The zero-order valence-corrected chi connectivity index (χ0v) is 15.6. The number of imidazole rings is 1. The predicted octanol–water partition coefficient (Wildman–Crippen LogP) is 1.37. The number of aryl methyl sites for hydroxylation is 1. The molecule has 3 amide bonds. The molecule has 4 rings (SSSR count). The maximum atomic E-state index is 12.6. The minimum absolute atomic E-state index is 0.185. The smallest absolute Gasteiger partial charge is 0.410 e. The van der Waals surface area contributed by atoms with Crippen LogP contribution in [0.1, 0.15) is 43.6 Å². The molecule has 28 heavy (non-hydrogen) atoms. The average Bonchev–Trinajstić information content (AvgIpc) is 2.97. The number of rotatable bonds is 2. The highest BCUT2D eigenvalue weighted by molar-refractivity contribution is 6.03. The molecule has 2 aliphatic rings. The normalized spacial score (nSPS) is 20.3. The number of hydrogen-bond acceptors (Lipinski definition) is 5. The van der Waals surface area contributed by atoms with E-state index in [0.717, 1.165) is 19.3 Å². The van der Waals surface area contributed by atoms with Crippen molar-refractivity contribution in [1.29, 1.82) is 0 Å². The van der Waals surface area contributed by atoms with Gasteiger partial charge in [0, 0.05) is 32.1 Å². The molecular formula is C19H22N4O5. The number of amides is 3. The third-order valence-electron chi connectivity index (χ3n) is 5.46. The Morgan fingerprint density at radius 1 is 1.14 bits per heavy atom. The lowest BCUT2D eigenvalue weighted by atomic mass is 9.89. The maximum Gasteiger partial charge on any atom is 0.415 e. The number of benzene rings is 1. The fourth-order valence-electron chi connectivity index (χ4n) is 3.98. The van der Waals surface area contributed by atoms with Gasteiger partial charge >= 0.3 is 11.8 Å².